The van der Waals surface area contributed by atoms with Crippen molar-refractivity contribution >= 4 is 67.1 Å². The topological polar surface area (TPSA) is 9.86 Å². The van der Waals surface area contributed by atoms with Crippen LogP contribution in [0.3, 0.4) is 0 Å². The summed E-state index contributed by atoms with van der Waals surface area (Å²) in [5.74, 6) is 0. The molecule has 33 heavy (non-hydrogen) atoms. The zero-order chi connectivity index (χ0) is 23.2. The van der Waals surface area contributed by atoms with Crippen molar-refractivity contribution in [2.24, 2.45) is 0 Å². The Bertz CT molecular complexity index is 1470. The lowest BCUT2D eigenvalue weighted by molar-refractivity contribution is 0.454. The van der Waals surface area contributed by atoms with Crippen LogP contribution < -0.4 is 0 Å². The van der Waals surface area contributed by atoms with E-state index in [4.69, 9.17) is 0 Å². The maximum absolute atomic E-state index is 4.29. The van der Waals surface area contributed by atoms with Crippen molar-refractivity contribution in [3.8, 4) is 0 Å². The highest BCUT2D eigenvalue weighted by Gasteiger charge is 2.31. The molecule has 5 rings (SSSR count). The van der Waals surface area contributed by atoms with Crippen LogP contribution in [0, 0.1) is 0 Å². The Morgan fingerprint density at radius 3 is 1.79 bits per heavy atom. The number of benzene rings is 3. The fourth-order valence-electron chi connectivity index (χ4n) is 5.29. The van der Waals surface area contributed by atoms with Crippen LogP contribution in [0.4, 0.5) is 0 Å². The van der Waals surface area contributed by atoms with Crippen LogP contribution >= 0.6 is 22.6 Å². The third kappa shape index (κ3) is 3.20. The number of allylic oxidation sites excluding steroid dienone is 1. The Kier molecular flexibility index (Phi) is 5.69. The second kappa shape index (κ2) is 8.53. The molecule has 3 aromatic carbocycles. The van der Waals surface area contributed by atoms with Gasteiger partial charge in [0, 0.05) is 21.7 Å². The molecule has 0 saturated heterocycles. The number of para-hydroxylation sites is 3. The summed E-state index contributed by atoms with van der Waals surface area (Å²) in [6.07, 6.45) is 6.39. The van der Waals surface area contributed by atoms with Gasteiger partial charge in [-0.05, 0) is 44.0 Å². The zero-order valence-electron chi connectivity index (χ0n) is 19.5. The molecule has 0 unspecified atom stereocenters. The number of rotatable bonds is 6. The van der Waals surface area contributed by atoms with Gasteiger partial charge < -0.3 is 9.13 Å². The first kappa shape index (κ1) is 22.0. The van der Waals surface area contributed by atoms with Gasteiger partial charge in [-0.25, -0.2) is 0 Å². The molecule has 0 radical (unpaired) electrons. The van der Waals surface area contributed by atoms with Gasteiger partial charge in [-0.15, -0.1) is 0 Å². The van der Waals surface area contributed by atoms with E-state index >= 15 is 0 Å². The fourth-order valence-corrected chi connectivity index (χ4v) is 5.81. The lowest BCUT2D eigenvalue weighted by Gasteiger charge is -2.30. The quantitative estimate of drug-likeness (QED) is 0.149. The molecule has 0 atom stereocenters. The van der Waals surface area contributed by atoms with Crippen molar-refractivity contribution in [1.29, 1.82) is 0 Å². The summed E-state index contributed by atoms with van der Waals surface area (Å²) in [5, 5.41) is 3.83. The summed E-state index contributed by atoms with van der Waals surface area (Å²) in [6, 6.07) is 26.2. The monoisotopic (exact) mass is 544 g/mol. The van der Waals surface area contributed by atoms with Crippen LogP contribution in [0.25, 0.3) is 44.5 Å². The van der Waals surface area contributed by atoms with Crippen molar-refractivity contribution < 1.29 is 0 Å². The van der Waals surface area contributed by atoms with Crippen molar-refractivity contribution in [2.75, 3.05) is 0 Å². The number of alkyl halides is 1. The van der Waals surface area contributed by atoms with E-state index in [9.17, 15) is 0 Å². The summed E-state index contributed by atoms with van der Waals surface area (Å²) < 4.78 is 4.93. The van der Waals surface area contributed by atoms with Gasteiger partial charge in [-0.1, -0.05) is 104 Å². The van der Waals surface area contributed by atoms with Crippen LogP contribution in [0.2, 0.25) is 0 Å². The molecule has 0 fully saturated rings. The Morgan fingerprint density at radius 1 is 0.818 bits per heavy atom. The van der Waals surface area contributed by atoms with E-state index in [1.54, 1.807) is 0 Å². The minimum Gasteiger partial charge on any atom is -0.325 e. The van der Waals surface area contributed by atoms with Gasteiger partial charge in [0.1, 0.15) is 0 Å². The third-order valence-electron chi connectivity index (χ3n) is 6.94. The molecular formula is C30H29IN2. The van der Waals surface area contributed by atoms with Gasteiger partial charge in [0.15, 0.2) is 0 Å². The molecule has 0 N–H and O–H groups in total. The van der Waals surface area contributed by atoms with Crippen LogP contribution in [0.1, 0.15) is 44.9 Å². The highest BCUT2D eigenvalue weighted by atomic mass is 127. The lowest BCUT2D eigenvalue weighted by atomic mass is 10.1. The second-order valence-corrected chi connectivity index (χ2v) is 10.5. The van der Waals surface area contributed by atoms with Gasteiger partial charge in [-0.2, -0.15) is 0 Å². The molecule has 0 aliphatic rings. The SMILES string of the molecule is C=Cc1c(/C(=C\C)n2c3ccccc3c3ccccc32)c2ccccc2n1C(I)(CC)CC. The Labute approximate surface area is 209 Å². The maximum atomic E-state index is 4.29. The maximum Gasteiger partial charge on any atom is 0.0961 e. The molecule has 0 amide bonds. The van der Waals surface area contributed by atoms with Crippen molar-refractivity contribution in [3.05, 3.63) is 96.7 Å². The van der Waals surface area contributed by atoms with E-state index in [-0.39, 0.29) is 3.55 Å². The van der Waals surface area contributed by atoms with Gasteiger partial charge in [0.25, 0.3) is 0 Å². The van der Waals surface area contributed by atoms with E-state index in [0.717, 1.165) is 12.8 Å². The number of hydrogen-bond acceptors (Lipinski definition) is 0. The molecule has 0 aliphatic heterocycles. The van der Waals surface area contributed by atoms with Crippen LogP contribution in [0.15, 0.2) is 85.5 Å². The highest BCUT2D eigenvalue weighted by Crippen LogP contribution is 2.44. The molecule has 2 nitrogen and oxygen atoms in total. The molecule has 5 aromatic rings. The molecule has 3 heteroatoms. The predicted molar refractivity (Wildman–Crippen MR) is 153 cm³/mol. The lowest BCUT2D eigenvalue weighted by Crippen LogP contribution is -2.25. The van der Waals surface area contributed by atoms with Crippen molar-refractivity contribution in [3.63, 3.8) is 0 Å². The molecule has 0 spiro atoms. The fraction of sp³-hybridized carbons (Fsp3) is 0.200. The van der Waals surface area contributed by atoms with Gasteiger partial charge in [0.05, 0.1) is 31.5 Å². The molecule has 166 valence electrons. The molecule has 0 aliphatic carbocycles. The first-order valence-electron chi connectivity index (χ1n) is 11.7. The van der Waals surface area contributed by atoms with Gasteiger partial charge in [0.2, 0.25) is 0 Å². The summed E-state index contributed by atoms with van der Waals surface area (Å²) >= 11 is 2.65. The summed E-state index contributed by atoms with van der Waals surface area (Å²) in [7, 11) is 0. The normalized spacial score (nSPS) is 12.8. The molecule has 0 bridgehead atoms. The minimum atomic E-state index is -0.0151. The number of halogens is 1. The first-order valence-corrected chi connectivity index (χ1v) is 12.8. The predicted octanol–water partition coefficient (Wildman–Crippen LogP) is 9.21. The summed E-state index contributed by atoms with van der Waals surface area (Å²) in [4.78, 5) is 0. The Hall–Kier alpha value is -2.79. The van der Waals surface area contributed by atoms with E-state index in [1.165, 1.54) is 49.7 Å². The van der Waals surface area contributed by atoms with Crippen molar-refractivity contribution in [1.82, 2.24) is 9.13 Å². The minimum absolute atomic E-state index is 0.0151. The molecule has 2 aromatic heterocycles. The van der Waals surface area contributed by atoms with Crippen LogP contribution in [-0.2, 0) is 3.55 Å². The Balaban J connectivity index is 1.94. The van der Waals surface area contributed by atoms with E-state index < -0.39 is 0 Å². The number of fused-ring (bicyclic) bond motifs is 4. The smallest absolute Gasteiger partial charge is 0.0961 e. The average molecular weight is 544 g/mol. The molecule has 2 heterocycles. The molecule has 0 saturated carbocycles. The van der Waals surface area contributed by atoms with Gasteiger partial charge in [-0.3, -0.25) is 0 Å². The number of nitrogens with zero attached hydrogens (tertiary/aromatic N) is 2. The van der Waals surface area contributed by atoms with E-state index in [0.29, 0.717) is 0 Å². The standard InChI is InChI=1S/C30H29IN2/c1-5-24(32-26-18-12-9-15-21(26)22-16-10-13-19-27(22)32)29-23-17-11-14-20-28(23)33(25(29)6-2)30(31,7-3)8-4/h5-6,9-20H,2,7-8H2,1,3-4H3/b24-5+. The largest absolute Gasteiger partial charge is 0.325 e. The zero-order valence-corrected chi connectivity index (χ0v) is 21.6. The summed E-state index contributed by atoms with van der Waals surface area (Å²) in [5.41, 5.74) is 7.35. The van der Waals surface area contributed by atoms with E-state index in [2.05, 4.69) is 138 Å². The van der Waals surface area contributed by atoms with Crippen molar-refractivity contribution in [2.45, 2.75) is 37.2 Å². The number of hydrogen-bond donors (Lipinski definition) is 0. The Morgan fingerprint density at radius 2 is 1.30 bits per heavy atom. The van der Waals surface area contributed by atoms with E-state index in [1.807, 2.05) is 6.08 Å². The first-order chi connectivity index (χ1) is 16.1. The summed E-state index contributed by atoms with van der Waals surface area (Å²) in [6.45, 7) is 11.0. The second-order valence-electron chi connectivity index (χ2n) is 8.49. The highest BCUT2D eigenvalue weighted by molar-refractivity contribution is 14.1. The number of aromatic nitrogens is 2. The van der Waals surface area contributed by atoms with Gasteiger partial charge >= 0.3 is 0 Å². The molecular weight excluding hydrogens is 515 g/mol. The van der Waals surface area contributed by atoms with Crippen LogP contribution in [-0.4, -0.2) is 9.13 Å². The average Bonchev–Trinajstić information content (AvgIpc) is 3.38. The third-order valence-corrected chi connectivity index (χ3v) is 8.95. The van der Waals surface area contributed by atoms with Crippen LogP contribution in [0.5, 0.6) is 0 Å².